The van der Waals surface area contributed by atoms with Crippen molar-refractivity contribution in [3.05, 3.63) is 64.9 Å². The second-order valence-electron chi connectivity index (χ2n) is 7.08. The average Bonchev–Trinajstić information content (AvgIpc) is 2.75. The maximum atomic E-state index is 13.9. The fourth-order valence-corrected chi connectivity index (χ4v) is 5.26. The lowest BCUT2D eigenvalue weighted by Crippen LogP contribution is -2.44. The first-order chi connectivity index (χ1) is 14.4. The van der Waals surface area contributed by atoms with E-state index in [2.05, 4.69) is 5.32 Å². The van der Waals surface area contributed by atoms with Crippen LogP contribution in [-0.4, -0.2) is 44.9 Å². The zero-order chi connectivity index (χ0) is 21.6. The Kier molecular flexibility index (Phi) is 7.69. The van der Waals surface area contributed by atoms with E-state index in [0.29, 0.717) is 26.0 Å². The molecule has 2 aromatic rings. The van der Waals surface area contributed by atoms with E-state index in [1.807, 2.05) is 30.3 Å². The Labute approximate surface area is 181 Å². The molecule has 1 aliphatic rings. The maximum absolute atomic E-state index is 13.9. The Bertz CT molecular complexity index is 944. The van der Waals surface area contributed by atoms with Crippen molar-refractivity contribution in [3.63, 3.8) is 0 Å². The number of amides is 1. The smallest absolute Gasteiger partial charge is 0.223 e. The Morgan fingerprint density at radius 3 is 2.50 bits per heavy atom. The molecule has 1 heterocycles. The fourth-order valence-electron chi connectivity index (χ4n) is 3.34. The van der Waals surface area contributed by atoms with Gasteiger partial charge in [0.05, 0.1) is 12.3 Å². The van der Waals surface area contributed by atoms with Gasteiger partial charge in [0.15, 0.2) is 0 Å². The number of piperidine rings is 1. The van der Waals surface area contributed by atoms with Gasteiger partial charge in [-0.25, -0.2) is 17.1 Å². The van der Waals surface area contributed by atoms with Crippen LogP contribution in [0.15, 0.2) is 48.5 Å². The van der Waals surface area contributed by atoms with Crippen molar-refractivity contribution in [2.45, 2.75) is 18.6 Å². The summed E-state index contributed by atoms with van der Waals surface area (Å²) in [5.41, 5.74) is -0.0301. The van der Waals surface area contributed by atoms with Crippen molar-refractivity contribution < 1.29 is 22.3 Å². The maximum Gasteiger partial charge on any atom is 0.223 e. The molecule has 0 saturated carbocycles. The molecule has 162 valence electrons. The summed E-state index contributed by atoms with van der Waals surface area (Å²) in [6.45, 7) is 1.16. The largest absolute Gasteiger partial charge is 0.492 e. The molecule has 2 aromatic carbocycles. The first kappa shape index (κ1) is 22.5. The van der Waals surface area contributed by atoms with Gasteiger partial charge in [-0.2, -0.15) is 0 Å². The summed E-state index contributed by atoms with van der Waals surface area (Å²) < 4.78 is 46.1. The summed E-state index contributed by atoms with van der Waals surface area (Å²) in [7, 11) is -3.72. The zero-order valence-electron chi connectivity index (χ0n) is 16.4. The van der Waals surface area contributed by atoms with Gasteiger partial charge in [-0.05, 0) is 37.1 Å². The lowest BCUT2D eigenvalue weighted by Gasteiger charge is -2.30. The number of carbonyl (C=O) groups excluding carboxylic acids is 1. The first-order valence-corrected chi connectivity index (χ1v) is 11.7. The highest BCUT2D eigenvalue weighted by Gasteiger charge is 2.32. The molecule has 0 spiro atoms. The van der Waals surface area contributed by atoms with Gasteiger partial charge in [-0.3, -0.25) is 4.79 Å². The molecule has 0 bridgehead atoms. The highest BCUT2D eigenvalue weighted by atomic mass is 35.5. The second-order valence-corrected chi connectivity index (χ2v) is 9.46. The predicted molar refractivity (Wildman–Crippen MR) is 113 cm³/mol. The Morgan fingerprint density at radius 2 is 1.83 bits per heavy atom. The number of carbonyl (C=O) groups is 1. The molecule has 0 atom stereocenters. The quantitative estimate of drug-likeness (QED) is 0.621. The Hall–Kier alpha value is -2.16. The van der Waals surface area contributed by atoms with Crippen molar-refractivity contribution in [1.29, 1.82) is 0 Å². The highest BCUT2D eigenvalue weighted by molar-refractivity contribution is 7.88. The summed E-state index contributed by atoms with van der Waals surface area (Å²) in [4.78, 5) is 12.3. The molecule has 1 saturated heterocycles. The average molecular weight is 455 g/mol. The van der Waals surface area contributed by atoms with Crippen molar-refractivity contribution in [2.75, 3.05) is 26.2 Å². The number of halogens is 2. The number of rotatable bonds is 8. The number of hydrogen-bond donors (Lipinski definition) is 1. The molecule has 1 aliphatic heterocycles. The van der Waals surface area contributed by atoms with E-state index in [4.69, 9.17) is 16.3 Å². The van der Waals surface area contributed by atoms with Gasteiger partial charge in [0.2, 0.25) is 15.9 Å². The van der Waals surface area contributed by atoms with E-state index in [1.165, 1.54) is 22.5 Å². The topological polar surface area (TPSA) is 75.7 Å². The molecular weight excluding hydrogens is 431 g/mol. The second kappa shape index (κ2) is 10.2. The molecule has 0 aliphatic carbocycles. The molecule has 1 amide bonds. The van der Waals surface area contributed by atoms with E-state index >= 15 is 0 Å². The zero-order valence-corrected chi connectivity index (χ0v) is 18.0. The lowest BCUT2D eigenvalue weighted by atomic mass is 9.97. The van der Waals surface area contributed by atoms with Crippen LogP contribution in [-0.2, 0) is 20.6 Å². The number of nitrogens with zero attached hydrogens (tertiary/aromatic N) is 1. The Balaban J connectivity index is 1.45. The van der Waals surface area contributed by atoms with Crippen LogP contribution >= 0.6 is 11.6 Å². The van der Waals surface area contributed by atoms with Crippen LogP contribution in [0.3, 0.4) is 0 Å². The number of hydrogen-bond acceptors (Lipinski definition) is 4. The monoisotopic (exact) mass is 454 g/mol. The minimum Gasteiger partial charge on any atom is -0.492 e. The number of benzene rings is 2. The van der Waals surface area contributed by atoms with Crippen molar-refractivity contribution in [3.8, 4) is 5.75 Å². The SMILES string of the molecule is O=C(NCCOc1ccccc1)C1CCN(S(=O)(=O)Cc2c(F)cccc2Cl)CC1. The molecule has 9 heteroatoms. The highest BCUT2D eigenvalue weighted by Crippen LogP contribution is 2.26. The molecule has 30 heavy (non-hydrogen) atoms. The molecule has 0 unspecified atom stereocenters. The molecule has 0 aromatic heterocycles. The minimum atomic E-state index is -3.72. The molecular formula is C21H24ClFN2O4S. The van der Waals surface area contributed by atoms with Crippen LogP contribution in [0, 0.1) is 11.7 Å². The van der Waals surface area contributed by atoms with E-state index < -0.39 is 21.6 Å². The van der Waals surface area contributed by atoms with Gasteiger partial charge in [0, 0.05) is 29.6 Å². The van der Waals surface area contributed by atoms with Crippen LogP contribution in [0.2, 0.25) is 5.02 Å². The van der Waals surface area contributed by atoms with E-state index in [-0.39, 0.29) is 35.5 Å². The van der Waals surface area contributed by atoms with Crippen LogP contribution in [0.5, 0.6) is 5.75 Å². The third kappa shape index (κ3) is 5.93. The summed E-state index contributed by atoms with van der Waals surface area (Å²) in [6.07, 6.45) is 0.825. The van der Waals surface area contributed by atoms with E-state index in [9.17, 15) is 17.6 Å². The van der Waals surface area contributed by atoms with Crippen molar-refractivity contribution >= 4 is 27.5 Å². The normalized spacial score (nSPS) is 15.7. The molecule has 3 rings (SSSR count). The predicted octanol–water partition coefficient (Wildman–Crippen LogP) is 3.22. The van der Waals surface area contributed by atoms with E-state index in [0.717, 1.165) is 5.75 Å². The van der Waals surface area contributed by atoms with Gasteiger partial charge in [-0.1, -0.05) is 35.9 Å². The van der Waals surface area contributed by atoms with E-state index in [1.54, 1.807) is 0 Å². The van der Waals surface area contributed by atoms with Crippen LogP contribution in [0.1, 0.15) is 18.4 Å². The van der Waals surface area contributed by atoms with Gasteiger partial charge in [0.1, 0.15) is 18.2 Å². The third-order valence-corrected chi connectivity index (χ3v) is 7.18. The lowest BCUT2D eigenvalue weighted by molar-refractivity contribution is -0.126. The molecule has 1 N–H and O–H groups in total. The Morgan fingerprint density at radius 1 is 1.13 bits per heavy atom. The standard InChI is InChI=1S/C21H24ClFN2O4S/c22-19-7-4-8-20(23)18(19)15-30(27,28)25-12-9-16(10-13-25)21(26)24-11-14-29-17-5-2-1-3-6-17/h1-8,16H,9-15H2,(H,24,26). The molecule has 6 nitrogen and oxygen atoms in total. The summed E-state index contributed by atoms with van der Waals surface area (Å²) in [5, 5.41) is 2.92. The van der Waals surface area contributed by atoms with Crippen LogP contribution < -0.4 is 10.1 Å². The first-order valence-electron chi connectivity index (χ1n) is 9.73. The minimum absolute atomic E-state index is 0.0301. The third-order valence-electron chi connectivity index (χ3n) is 5.02. The van der Waals surface area contributed by atoms with Gasteiger partial charge in [0.25, 0.3) is 0 Å². The van der Waals surface area contributed by atoms with Crippen LogP contribution in [0.25, 0.3) is 0 Å². The number of ether oxygens (including phenoxy) is 1. The van der Waals surface area contributed by atoms with Gasteiger partial charge in [-0.15, -0.1) is 0 Å². The fraction of sp³-hybridized carbons (Fsp3) is 0.381. The summed E-state index contributed by atoms with van der Waals surface area (Å²) in [5.74, 6) is -0.768. The van der Waals surface area contributed by atoms with Crippen molar-refractivity contribution in [1.82, 2.24) is 9.62 Å². The van der Waals surface area contributed by atoms with Gasteiger partial charge < -0.3 is 10.1 Å². The summed E-state index contributed by atoms with van der Waals surface area (Å²) >= 11 is 5.95. The van der Waals surface area contributed by atoms with Gasteiger partial charge >= 0.3 is 0 Å². The number of para-hydroxylation sites is 1. The number of sulfonamides is 1. The summed E-state index contributed by atoms with van der Waals surface area (Å²) in [6, 6.07) is 13.4. The van der Waals surface area contributed by atoms with Crippen molar-refractivity contribution in [2.24, 2.45) is 5.92 Å². The van der Waals surface area contributed by atoms with Crippen LogP contribution in [0.4, 0.5) is 4.39 Å². The molecule has 0 radical (unpaired) electrons. The molecule has 1 fully saturated rings. The number of nitrogens with one attached hydrogen (secondary N) is 1.